The number of carbonyl (C=O) groups excluding carboxylic acids is 1. The van der Waals surface area contributed by atoms with Crippen LogP contribution < -0.4 is 8.85 Å². The monoisotopic (exact) mass is 426 g/mol. The van der Waals surface area contributed by atoms with Gasteiger partial charge in [0.25, 0.3) is 16.6 Å². The fraction of sp³-hybridized carbons (Fsp3) is 0.571. The van der Waals surface area contributed by atoms with E-state index in [9.17, 15) is 4.79 Å². The molecule has 0 unspecified atom stereocenters. The summed E-state index contributed by atoms with van der Waals surface area (Å²) in [5.74, 6) is 1.52. The summed E-state index contributed by atoms with van der Waals surface area (Å²) in [6, 6.07) is 5.82. The maximum Gasteiger partial charge on any atom is 0.250 e. The molecule has 3 nitrogen and oxygen atoms in total. The van der Waals surface area contributed by atoms with Crippen molar-refractivity contribution in [2.45, 2.75) is 77.8 Å². The molecule has 6 heteroatoms. The molecule has 27 heavy (non-hydrogen) atoms. The van der Waals surface area contributed by atoms with Gasteiger partial charge in [-0.25, -0.2) is 0 Å². The first kappa shape index (κ1) is 24.0. The second kappa shape index (κ2) is 8.13. The van der Waals surface area contributed by atoms with E-state index < -0.39 is 21.9 Å². The number of hydrogen-bond donors (Lipinski definition) is 0. The minimum Gasteiger partial charge on any atom is -0.541 e. The Kier molecular flexibility index (Phi) is 7.23. The molecule has 0 saturated carbocycles. The Labute approximate surface area is 172 Å². The van der Waals surface area contributed by atoms with E-state index in [0.717, 1.165) is 17.1 Å². The highest BCUT2D eigenvalue weighted by atomic mass is 35.5. The molecule has 0 radical (unpaired) electrons. The Balaban J connectivity index is 3.39. The van der Waals surface area contributed by atoms with Gasteiger partial charge in [0.2, 0.25) is 5.24 Å². The van der Waals surface area contributed by atoms with Crippen LogP contribution in [0.5, 0.6) is 11.5 Å². The van der Waals surface area contributed by atoms with Crippen molar-refractivity contribution >= 4 is 39.6 Å². The van der Waals surface area contributed by atoms with E-state index in [2.05, 4.69) is 67.7 Å². The molecule has 0 bridgehead atoms. The van der Waals surface area contributed by atoms with Crippen molar-refractivity contribution in [2.75, 3.05) is 0 Å². The van der Waals surface area contributed by atoms with Crippen LogP contribution in [-0.4, -0.2) is 21.9 Å². The summed E-state index contributed by atoms with van der Waals surface area (Å²) in [6.45, 7) is 22.2. The number of carbonyl (C=O) groups is 1. The fourth-order valence-electron chi connectivity index (χ4n) is 1.81. The smallest absolute Gasteiger partial charge is 0.250 e. The van der Waals surface area contributed by atoms with Crippen LogP contribution in [0, 0.1) is 0 Å². The maximum atomic E-state index is 11.1. The van der Waals surface area contributed by atoms with Gasteiger partial charge in [-0.2, -0.15) is 0 Å². The van der Waals surface area contributed by atoms with Gasteiger partial charge in [-0.3, -0.25) is 4.79 Å². The van der Waals surface area contributed by atoms with E-state index >= 15 is 0 Å². The molecule has 1 rings (SSSR count). The second-order valence-electron chi connectivity index (χ2n) is 10.1. The Morgan fingerprint density at radius 3 is 1.74 bits per heavy atom. The largest absolute Gasteiger partial charge is 0.541 e. The zero-order valence-corrected chi connectivity index (χ0v) is 21.2. The Bertz CT molecular complexity index is 711. The minimum absolute atomic E-state index is 0.0686. The molecule has 0 amide bonds. The quantitative estimate of drug-likeness (QED) is 0.273. The van der Waals surface area contributed by atoms with Crippen LogP contribution in [0.15, 0.2) is 24.3 Å². The standard InChI is InChI=1S/C21H35ClO3Si2/c1-20(2,3)26(7,8)24-17-13-11-16(12-14-19(22)23)15-18(17)25-27(9,10)21(4,5)6/h11-15H,1-10H3. The summed E-state index contributed by atoms with van der Waals surface area (Å²) in [5, 5.41) is -0.340. The van der Waals surface area contributed by atoms with E-state index in [4.69, 9.17) is 20.5 Å². The van der Waals surface area contributed by atoms with Crippen LogP contribution >= 0.6 is 11.6 Å². The SMILES string of the molecule is CC(C)(C)[Si](C)(C)Oc1ccc(C=CC(=O)Cl)cc1O[Si](C)(C)C(C)(C)C. The van der Waals surface area contributed by atoms with Crippen LogP contribution in [0.1, 0.15) is 47.1 Å². The molecule has 1 aromatic carbocycles. The van der Waals surface area contributed by atoms with E-state index in [1.54, 1.807) is 6.08 Å². The van der Waals surface area contributed by atoms with Crippen molar-refractivity contribution in [3.8, 4) is 11.5 Å². The van der Waals surface area contributed by atoms with Gasteiger partial charge >= 0.3 is 0 Å². The number of allylic oxidation sites excluding steroid dienone is 1. The maximum absolute atomic E-state index is 11.1. The van der Waals surface area contributed by atoms with Crippen molar-refractivity contribution in [1.29, 1.82) is 0 Å². The highest BCUT2D eigenvalue weighted by Gasteiger charge is 2.42. The molecule has 0 fully saturated rings. The summed E-state index contributed by atoms with van der Waals surface area (Å²) in [6.07, 6.45) is 3.05. The van der Waals surface area contributed by atoms with Crippen molar-refractivity contribution in [2.24, 2.45) is 0 Å². The summed E-state index contributed by atoms with van der Waals surface area (Å²) in [4.78, 5) is 11.1. The molecule has 0 N–H and O–H groups in total. The normalized spacial score (nSPS) is 13.7. The molecule has 152 valence electrons. The van der Waals surface area contributed by atoms with Gasteiger partial charge in [0.05, 0.1) is 0 Å². The third-order valence-corrected chi connectivity index (χ3v) is 14.5. The molecule has 0 spiro atoms. The Morgan fingerprint density at radius 1 is 0.889 bits per heavy atom. The highest BCUT2D eigenvalue weighted by Crippen LogP contribution is 2.43. The van der Waals surface area contributed by atoms with Crippen LogP contribution in [0.2, 0.25) is 36.3 Å². The third kappa shape index (κ3) is 6.51. The predicted molar refractivity (Wildman–Crippen MR) is 122 cm³/mol. The highest BCUT2D eigenvalue weighted by molar-refractivity contribution is 6.75. The number of rotatable bonds is 6. The van der Waals surface area contributed by atoms with Crippen LogP contribution in [0.4, 0.5) is 0 Å². The van der Waals surface area contributed by atoms with Crippen molar-refractivity contribution < 1.29 is 13.6 Å². The van der Waals surface area contributed by atoms with Crippen molar-refractivity contribution in [1.82, 2.24) is 0 Å². The van der Waals surface area contributed by atoms with E-state index in [1.807, 2.05) is 18.2 Å². The number of halogens is 1. The van der Waals surface area contributed by atoms with Gasteiger partial charge in [-0.1, -0.05) is 53.7 Å². The van der Waals surface area contributed by atoms with Gasteiger partial charge in [0, 0.05) is 0 Å². The fourth-order valence-corrected chi connectivity index (χ4v) is 3.91. The van der Waals surface area contributed by atoms with Gasteiger partial charge in [0.15, 0.2) is 0 Å². The lowest BCUT2D eigenvalue weighted by molar-refractivity contribution is -0.107. The molecule has 0 aliphatic heterocycles. The zero-order chi connectivity index (χ0) is 21.3. The minimum atomic E-state index is -2.05. The second-order valence-corrected chi connectivity index (χ2v) is 19.9. The van der Waals surface area contributed by atoms with Crippen LogP contribution in [-0.2, 0) is 4.79 Å². The molecule has 0 heterocycles. The number of benzene rings is 1. The van der Waals surface area contributed by atoms with Gasteiger partial charge in [-0.05, 0) is 71.6 Å². The van der Waals surface area contributed by atoms with E-state index in [1.165, 1.54) is 6.08 Å². The first-order valence-electron chi connectivity index (χ1n) is 9.36. The molecule has 0 saturated heterocycles. The van der Waals surface area contributed by atoms with E-state index in [0.29, 0.717) is 0 Å². The first-order chi connectivity index (χ1) is 12.0. The summed E-state index contributed by atoms with van der Waals surface area (Å²) in [7, 11) is -4.06. The first-order valence-corrected chi connectivity index (χ1v) is 15.6. The molecule has 0 aliphatic rings. The summed E-state index contributed by atoms with van der Waals surface area (Å²) >= 11 is 5.43. The molecular weight excluding hydrogens is 392 g/mol. The Morgan fingerprint density at radius 2 is 1.33 bits per heavy atom. The predicted octanol–water partition coefficient (Wildman–Crippen LogP) is 7.23. The lowest BCUT2D eigenvalue weighted by Gasteiger charge is -2.39. The molecule has 1 aromatic rings. The topological polar surface area (TPSA) is 35.5 Å². The van der Waals surface area contributed by atoms with E-state index in [-0.39, 0.29) is 10.1 Å². The average molecular weight is 427 g/mol. The number of hydrogen-bond acceptors (Lipinski definition) is 3. The molecule has 0 aromatic heterocycles. The summed E-state index contributed by atoms with van der Waals surface area (Å²) in [5.41, 5.74) is 0.861. The van der Waals surface area contributed by atoms with Gasteiger partial charge in [0.1, 0.15) is 11.5 Å². The van der Waals surface area contributed by atoms with Gasteiger partial charge in [-0.15, -0.1) is 0 Å². The van der Waals surface area contributed by atoms with Gasteiger partial charge < -0.3 is 8.85 Å². The lowest BCUT2D eigenvalue weighted by Crippen LogP contribution is -2.45. The molecule has 0 aliphatic carbocycles. The van der Waals surface area contributed by atoms with Crippen LogP contribution in [0.3, 0.4) is 0 Å². The van der Waals surface area contributed by atoms with Crippen molar-refractivity contribution in [3.63, 3.8) is 0 Å². The molecule has 0 atom stereocenters. The third-order valence-electron chi connectivity index (χ3n) is 5.72. The lowest BCUT2D eigenvalue weighted by atomic mass is 10.2. The van der Waals surface area contributed by atoms with Crippen molar-refractivity contribution in [3.05, 3.63) is 29.8 Å². The molecular formula is C21H35ClO3Si2. The summed E-state index contributed by atoms with van der Waals surface area (Å²) < 4.78 is 13.1. The van der Waals surface area contributed by atoms with Crippen LogP contribution in [0.25, 0.3) is 6.08 Å². The Hall–Kier alpha value is -1.05. The zero-order valence-electron chi connectivity index (χ0n) is 18.5. The average Bonchev–Trinajstić information content (AvgIpc) is 2.44.